The molecule has 4 rings (SSSR count). The van der Waals surface area contributed by atoms with Crippen LogP contribution in [0, 0.1) is 6.92 Å². The van der Waals surface area contributed by atoms with Crippen molar-refractivity contribution in [3.8, 4) is 5.82 Å². The SMILES string of the molecule is CCC1NC(=O)c2cccnc2-n2c1nc1ccc(C)cc1c2=O.O=C(O)C(F)(F)F. The molecule has 0 saturated heterocycles. The zero-order valence-corrected chi connectivity index (χ0v) is 16.4. The average Bonchev–Trinajstić information content (AvgIpc) is 2.83. The van der Waals surface area contributed by atoms with E-state index in [-0.39, 0.29) is 17.5 Å². The molecule has 0 radical (unpaired) electrons. The molecule has 2 N–H and O–H groups in total. The predicted octanol–water partition coefficient (Wildman–Crippen LogP) is 2.92. The van der Waals surface area contributed by atoms with Crippen molar-refractivity contribution in [2.75, 3.05) is 0 Å². The Morgan fingerprint density at radius 2 is 1.94 bits per heavy atom. The third kappa shape index (κ3) is 4.25. The van der Waals surface area contributed by atoms with Gasteiger partial charge in [-0.05, 0) is 37.6 Å². The summed E-state index contributed by atoms with van der Waals surface area (Å²) in [5.41, 5.74) is 1.79. The zero-order chi connectivity index (χ0) is 22.9. The number of fused-ring (bicyclic) bond motifs is 4. The Balaban J connectivity index is 0.000000339. The Bertz CT molecular complexity index is 1240. The minimum absolute atomic E-state index is 0.200. The maximum atomic E-state index is 13.2. The first-order valence-corrected chi connectivity index (χ1v) is 9.14. The summed E-state index contributed by atoms with van der Waals surface area (Å²) in [7, 11) is 0. The van der Waals surface area contributed by atoms with Crippen LogP contribution < -0.4 is 10.9 Å². The molecule has 2 aromatic heterocycles. The summed E-state index contributed by atoms with van der Waals surface area (Å²) in [5, 5.41) is 10.6. The number of nitrogens with one attached hydrogen (secondary N) is 1. The van der Waals surface area contributed by atoms with Gasteiger partial charge in [0.25, 0.3) is 11.5 Å². The van der Waals surface area contributed by atoms with Crippen molar-refractivity contribution in [1.82, 2.24) is 19.9 Å². The molecule has 0 saturated carbocycles. The number of aliphatic carboxylic acids is 1. The third-order valence-corrected chi connectivity index (χ3v) is 4.56. The second-order valence-electron chi connectivity index (χ2n) is 6.74. The van der Waals surface area contributed by atoms with E-state index in [9.17, 15) is 22.8 Å². The molecule has 8 nitrogen and oxygen atoms in total. The monoisotopic (exact) mass is 434 g/mol. The number of carbonyl (C=O) groups is 2. The lowest BCUT2D eigenvalue weighted by atomic mass is 10.1. The second-order valence-corrected chi connectivity index (χ2v) is 6.74. The molecule has 3 aromatic rings. The van der Waals surface area contributed by atoms with E-state index < -0.39 is 12.1 Å². The number of aromatic nitrogens is 3. The number of nitrogens with zero attached hydrogens (tertiary/aromatic N) is 3. The van der Waals surface area contributed by atoms with Crippen molar-refractivity contribution in [3.63, 3.8) is 0 Å². The Labute approximate surface area is 173 Å². The van der Waals surface area contributed by atoms with Crippen LogP contribution in [0.5, 0.6) is 0 Å². The molecule has 1 aliphatic rings. The minimum Gasteiger partial charge on any atom is -0.475 e. The molecule has 162 valence electrons. The van der Waals surface area contributed by atoms with E-state index >= 15 is 0 Å². The lowest BCUT2D eigenvalue weighted by Gasteiger charge is -2.17. The number of hydrogen-bond acceptors (Lipinski definition) is 5. The van der Waals surface area contributed by atoms with Gasteiger partial charge in [0.1, 0.15) is 5.82 Å². The van der Waals surface area contributed by atoms with Crippen LogP contribution in [0.25, 0.3) is 16.7 Å². The highest BCUT2D eigenvalue weighted by Gasteiger charge is 2.38. The highest BCUT2D eigenvalue weighted by Crippen LogP contribution is 2.25. The minimum atomic E-state index is -5.08. The summed E-state index contributed by atoms with van der Waals surface area (Å²) in [5.74, 6) is -2.14. The van der Waals surface area contributed by atoms with Gasteiger partial charge in [0.15, 0.2) is 5.82 Å². The Kier molecular flexibility index (Phi) is 5.78. The number of aryl methyl sites for hydroxylation is 1. The van der Waals surface area contributed by atoms with Crippen LogP contribution in [-0.2, 0) is 4.79 Å². The molecule has 1 aliphatic heterocycles. The van der Waals surface area contributed by atoms with Gasteiger partial charge < -0.3 is 10.4 Å². The molecular formula is C20H17F3N4O4. The summed E-state index contributed by atoms with van der Waals surface area (Å²) >= 11 is 0. The van der Waals surface area contributed by atoms with Crippen molar-refractivity contribution >= 4 is 22.8 Å². The first-order valence-electron chi connectivity index (χ1n) is 9.14. The van der Waals surface area contributed by atoms with Crippen LogP contribution >= 0.6 is 0 Å². The second kappa shape index (κ2) is 8.17. The van der Waals surface area contributed by atoms with Crippen molar-refractivity contribution in [3.05, 3.63) is 63.8 Å². The summed E-state index contributed by atoms with van der Waals surface area (Å²) in [6, 6.07) is 8.60. The molecule has 0 bridgehead atoms. The van der Waals surface area contributed by atoms with Crippen molar-refractivity contribution in [1.29, 1.82) is 0 Å². The van der Waals surface area contributed by atoms with E-state index in [0.717, 1.165) is 5.56 Å². The highest BCUT2D eigenvalue weighted by molar-refractivity contribution is 5.98. The standard InChI is InChI=1S/C18H16N4O2.C2HF3O2/c1-3-13-16-20-14-7-6-10(2)9-12(14)18(24)22(16)15-11(17(23)21-13)5-4-8-19-15;3-2(4,5)1(6)7/h4-9,13H,3H2,1-2H3,(H,21,23);(H,6,7). The van der Waals surface area contributed by atoms with Crippen LogP contribution in [0.15, 0.2) is 41.3 Å². The van der Waals surface area contributed by atoms with Gasteiger partial charge in [-0.25, -0.2) is 19.3 Å². The van der Waals surface area contributed by atoms with Crippen LogP contribution in [0.4, 0.5) is 13.2 Å². The van der Waals surface area contributed by atoms with Gasteiger partial charge in [0, 0.05) is 6.20 Å². The van der Waals surface area contributed by atoms with Gasteiger partial charge in [0.2, 0.25) is 0 Å². The normalized spacial score (nSPS) is 15.1. The Morgan fingerprint density at radius 3 is 2.55 bits per heavy atom. The fourth-order valence-electron chi connectivity index (χ4n) is 3.09. The van der Waals surface area contributed by atoms with E-state index in [2.05, 4.69) is 15.3 Å². The fourth-order valence-corrected chi connectivity index (χ4v) is 3.09. The first kappa shape index (κ1) is 21.9. The third-order valence-electron chi connectivity index (χ3n) is 4.56. The number of amides is 1. The van der Waals surface area contributed by atoms with Gasteiger partial charge >= 0.3 is 12.1 Å². The van der Waals surface area contributed by atoms with Gasteiger partial charge in [-0.3, -0.25) is 9.59 Å². The van der Waals surface area contributed by atoms with Crippen LogP contribution in [0.3, 0.4) is 0 Å². The number of rotatable bonds is 1. The molecule has 1 aromatic carbocycles. The number of carboxylic acid groups (broad SMARTS) is 1. The van der Waals surface area contributed by atoms with Gasteiger partial charge in [-0.1, -0.05) is 18.6 Å². The number of alkyl halides is 3. The number of carboxylic acids is 1. The molecule has 31 heavy (non-hydrogen) atoms. The zero-order valence-electron chi connectivity index (χ0n) is 16.4. The fraction of sp³-hybridized carbons (Fsp3) is 0.250. The number of halogens is 3. The largest absolute Gasteiger partial charge is 0.490 e. The summed E-state index contributed by atoms with van der Waals surface area (Å²) < 4.78 is 33.2. The summed E-state index contributed by atoms with van der Waals surface area (Å²) in [6.45, 7) is 3.88. The van der Waals surface area contributed by atoms with E-state index in [0.29, 0.717) is 34.5 Å². The van der Waals surface area contributed by atoms with Crippen molar-refractivity contribution < 1.29 is 27.9 Å². The molecular weight excluding hydrogens is 417 g/mol. The molecule has 0 aliphatic carbocycles. The average molecular weight is 434 g/mol. The van der Waals surface area contributed by atoms with E-state index in [1.165, 1.54) is 4.57 Å². The maximum absolute atomic E-state index is 13.2. The first-order chi connectivity index (χ1) is 14.5. The van der Waals surface area contributed by atoms with Crippen LogP contribution in [-0.4, -0.2) is 37.7 Å². The molecule has 1 amide bonds. The highest BCUT2D eigenvalue weighted by atomic mass is 19.4. The molecule has 0 fully saturated rings. The van der Waals surface area contributed by atoms with Crippen LogP contribution in [0.2, 0.25) is 0 Å². The topological polar surface area (TPSA) is 114 Å². The molecule has 11 heteroatoms. The van der Waals surface area contributed by atoms with E-state index in [1.807, 2.05) is 32.0 Å². The lowest BCUT2D eigenvalue weighted by Crippen LogP contribution is -2.30. The van der Waals surface area contributed by atoms with Crippen molar-refractivity contribution in [2.45, 2.75) is 32.5 Å². The van der Waals surface area contributed by atoms with Gasteiger partial charge in [-0.2, -0.15) is 13.2 Å². The summed E-state index contributed by atoms with van der Waals surface area (Å²) in [6.07, 6.45) is -2.88. The molecule has 0 spiro atoms. The molecule has 1 unspecified atom stereocenters. The lowest BCUT2D eigenvalue weighted by molar-refractivity contribution is -0.192. The van der Waals surface area contributed by atoms with E-state index in [4.69, 9.17) is 9.90 Å². The smallest absolute Gasteiger partial charge is 0.475 e. The van der Waals surface area contributed by atoms with Crippen molar-refractivity contribution in [2.24, 2.45) is 0 Å². The number of pyridine rings is 1. The number of hydrogen-bond donors (Lipinski definition) is 2. The van der Waals surface area contributed by atoms with Gasteiger partial charge in [-0.15, -0.1) is 0 Å². The number of benzene rings is 1. The Hall–Kier alpha value is -3.76. The summed E-state index contributed by atoms with van der Waals surface area (Å²) in [4.78, 5) is 43.5. The quantitative estimate of drug-likeness (QED) is 0.609. The van der Waals surface area contributed by atoms with E-state index in [1.54, 1.807) is 18.3 Å². The number of carbonyl (C=O) groups excluding carboxylic acids is 1. The molecule has 1 atom stereocenters. The Morgan fingerprint density at radius 1 is 1.26 bits per heavy atom. The molecule has 3 heterocycles. The maximum Gasteiger partial charge on any atom is 0.490 e. The van der Waals surface area contributed by atoms with Crippen LogP contribution in [0.1, 0.15) is 41.1 Å². The van der Waals surface area contributed by atoms with Gasteiger partial charge in [0.05, 0.1) is 22.5 Å². The predicted molar refractivity (Wildman–Crippen MR) is 104 cm³/mol.